The second kappa shape index (κ2) is 5.82. The molecule has 1 aromatic rings. The zero-order chi connectivity index (χ0) is 13.0. The Bertz CT molecular complexity index is 379. The highest BCUT2D eigenvalue weighted by atomic mass is 16.5. The van der Waals surface area contributed by atoms with Crippen molar-refractivity contribution in [2.24, 2.45) is 0 Å². The van der Waals surface area contributed by atoms with Crippen molar-refractivity contribution in [2.45, 2.75) is 13.8 Å². The molecule has 96 valence electrons. The second-order valence-corrected chi connectivity index (χ2v) is 4.37. The van der Waals surface area contributed by atoms with Gasteiger partial charge in [0, 0.05) is 46.1 Å². The zero-order valence-electron chi connectivity index (χ0n) is 11.6. The van der Waals surface area contributed by atoms with E-state index in [1.165, 1.54) is 0 Å². The van der Waals surface area contributed by atoms with Crippen LogP contribution in [0.5, 0.6) is 0 Å². The van der Waals surface area contributed by atoms with E-state index in [1.807, 2.05) is 39.9 Å². The first-order valence-electron chi connectivity index (χ1n) is 5.70. The summed E-state index contributed by atoms with van der Waals surface area (Å²) < 4.78 is 5.09. The smallest absolute Gasteiger partial charge is 0.227 e. The van der Waals surface area contributed by atoms with Gasteiger partial charge in [-0.2, -0.15) is 4.98 Å². The second-order valence-electron chi connectivity index (χ2n) is 4.37. The van der Waals surface area contributed by atoms with Crippen molar-refractivity contribution >= 4 is 11.8 Å². The number of ether oxygens (including phenoxy) is 1. The molecule has 0 spiro atoms. The number of likely N-dealkylation sites (N-methyl/N-ethyl adjacent to an activating group) is 1. The van der Waals surface area contributed by atoms with Crippen LogP contribution in [0, 0.1) is 13.8 Å². The van der Waals surface area contributed by atoms with Crippen molar-refractivity contribution in [1.29, 1.82) is 0 Å². The third-order valence-electron chi connectivity index (χ3n) is 2.74. The molecular formula is C12H22N4O. The molecule has 1 aromatic heterocycles. The molecule has 0 fully saturated rings. The Balaban J connectivity index is 3.04. The Kier molecular flexibility index (Phi) is 4.69. The maximum atomic E-state index is 5.09. The van der Waals surface area contributed by atoms with Crippen LogP contribution in [0.25, 0.3) is 0 Å². The van der Waals surface area contributed by atoms with Gasteiger partial charge in [-0.05, 0) is 13.8 Å². The highest BCUT2D eigenvalue weighted by Crippen LogP contribution is 2.20. The van der Waals surface area contributed by atoms with Crippen LogP contribution in [0.15, 0.2) is 0 Å². The lowest BCUT2D eigenvalue weighted by molar-refractivity contribution is 0.206. The number of methoxy groups -OCH3 is 1. The maximum absolute atomic E-state index is 5.09. The lowest BCUT2D eigenvalue weighted by atomic mass is 10.2. The third-order valence-corrected chi connectivity index (χ3v) is 2.74. The van der Waals surface area contributed by atoms with Crippen molar-refractivity contribution < 1.29 is 4.74 Å². The highest BCUT2D eigenvalue weighted by molar-refractivity contribution is 5.51. The van der Waals surface area contributed by atoms with Gasteiger partial charge in [-0.1, -0.05) is 0 Å². The monoisotopic (exact) mass is 238 g/mol. The summed E-state index contributed by atoms with van der Waals surface area (Å²) in [5, 5.41) is 0. The molecular weight excluding hydrogens is 216 g/mol. The molecule has 0 aliphatic carbocycles. The summed E-state index contributed by atoms with van der Waals surface area (Å²) in [6, 6.07) is 0. The summed E-state index contributed by atoms with van der Waals surface area (Å²) in [6.07, 6.45) is 0. The Hall–Kier alpha value is -1.36. The summed E-state index contributed by atoms with van der Waals surface area (Å²) in [4.78, 5) is 13.0. The van der Waals surface area contributed by atoms with E-state index in [0.717, 1.165) is 29.6 Å². The van der Waals surface area contributed by atoms with Crippen LogP contribution in [-0.2, 0) is 4.74 Å². The van der Waals surface area contributed by atoms with Gasteiger partial charge in [0.05, 0.1) is 6.61 Å². The van der Waals surface area contributed by atoms with E-state index in [1.54, 1.807) is 7.11 Å². The molecule has 5 nitrogen and oxygen atoms in total. The average Bonchev–Trinajstić information content (AvgIpc) is 2.29. The van der Waals surface area contributed by atoms with Gasteiger partial charge in [-0.3, -0.25) is 0 Å². The number of aryl methyl sites for hydroxylation is 1. The van der Waals surface area contributed by atoms with E-state index in [-0.39, 0.29) is 0 Å². The molecule has 0 aliphatic rings. The normalized spacial score (nSPS) is 10.5. The summed E-state index contributed by atoms with van der Waals surface area (Å²) in [5.74, 6) is 1.71. The number of aromatic nitrogens is 2. The minimum atomic E-state index is 0.691. The van der Waals surface area contributed by atoms with Crippen molar-refractivity contribution in [1.82, 2.24) is 9.97 Å². The quantitative estimate of drug-likeness (QED) is 0.772. The highest BCUT2D eigenvalue weighted by Gasteiger charge is 2.12. The Morgan fingerprint density at radius 2 is 1.76 bits per heavy atom. The van der Waals surface area contributed by atoms with Gasteiger partial charge in [0.1, 0.15) is 5.82 Å². The SMILES string of the molecule is COCCN(C)c1nc(N(C)C)nc(C)c1C. The van der Waals surface area contributed by atoms with Crippen molar-refractivity contribution in [3.8, 4) is 0 Å². The fourth-order valence-corrected chi connectivity index (χ4v) is 1.50. The number of nitrogens with zero attached hydrogens (tertiary/aromatic N) is 4. The first-order valence-corrected chi connectivity index (χ1v) is 5.70. The molecule has 0 bridgehead atoms. The lowest BCUT2D eigenvalue weighted by Gasteiger charge is -2.22. The molecule has 0 aromatic carbocycles. The Morgan fingerprint density at radius 1 is 1.12 bits per heavy atom. The molecule has 17 heavy (non-hydrogen) atoms. The standard InChI is InChI=1S/C12H22N4O/c1-9-10(2)13-12(15(3)4)14-11(9)16(5)7-8-17-6/h7-8H2,1-6H3. The zero-order valence-corrected chi connectivity index (χ0v) is 11.6. The molecule has 5 heteroatoms. The topological polar surface area (TPSA) is 41.5 Å². The van der Waals surface area contributed by atoms with Gasteiger partial charge in [0.15, 0.2) is 0 Å². The number of rotatable bonds is 5. The largest absolute Gasteiger partial charge is 0.383 e. The maximum Gasteiger partial charge on any atom is 0.227 e. The van der Waals surface area contributed by atoms with E-state index in [9.17, 15) is 0 Å². The van der Waals surface area contributed by atoms with E-state index in [4.69, 9.17) is 4.74 Å². The van der Waals surface area contributed by atoms with Gasteiger partial charge in [-0.15, -0.1) is 0 Å². The predicted octanol–water partition coefficient (Wildman–Crippen LogP) is 1.24. The minimum Gasteiger partial charge on any atom is -0.383 e. The molecule has 0 N–H and O–H groups in total. The first-order chi connectivity index (χ1) is 7.97. The predicted molar refractivity (Wildman–Crippen MR) is 71.0 cm³/mol. The van der Waals surface area contributed by atoms with Gasteiger partial charge in [-0.25, -0.2) is 4.98 Å². The van der Waals surface area contributed by atoms with Crippen LogP contribution in [0.3, 0.4) is 0 Å². The molecule has 0 atom stereocenters. The minimum absolute atomic E-state index is 0.691. The number of hydrogen-bond acceptors (Lipinski definition) is 5. The molecule has 0 amide bonds. The third kappa shape index (κ3) is 3.30. The van der Waals surface area contributed by atoms with Crippen LogP contribution in [0.1, 0.15) is 11.3 Å². The van der Waals surface area contributed by atoms with E-state index < -0.39 is 0 Å². The average molecular weight is 238 g/mol. The van der Waals surface area contributed by atoms with Crippen LogP contribution < -0.4 is 9.80 Å². The summed E-state index contributed by atoms with van der Waals surface area (Å²) >= 11 is 0. The van der Waals surface area contributed by atoms with Crippen LogP contribution in [-0.4, -0.2) is 51.4 Å². The molecule has 0 unspecified atom stereocenters. The Morgan fingerprint density at radius 3 is 2.29 bits per heavy atom. The van der Waals surface area contributed by atoms with Gasteiger partial charge >= 0.3 is 0 Å². The van der Waals surface area contributed by atoms with Crippen molar-refractivity contribution in [3.63, 3.8) is 0 Å². The van der Waals surface area contributed by atoms with Crippen LogP contribution in [0.4, 0.5) is 11.8 Å². The fraction of sp³-hybridized carbons (Fsp3) is 0.667. The van der Waals surface area contributed by atoms with Gasteiger partial charge in [0.25, 0.3) is 0 Å². The van der Waals surface area contributed by atoms with Gasteiger partial charge < -0.3 is 14.5 Å². The fourth-order valence-electron chi connectivity index (χ4n) is 1.50. The summed E-state index contributed by atoms with van der Waals surface area (Å²) in [5.41, 5.74) is 2.14. The van der Waals surface area contributed by atoms with E-state index >= 15 is 0 Å². The van der Waals surface area contributed by atoms with Crippen molar-refractivity contribution in [3.05, 3.63) is 11.3 Å². The van der Waals surface area contributed by atoms with Crippen molar-refractivity contribution in [2.75, 3.05) is 51.2 Å². The number of hydrogen-bond donors (Lipinski definition) is 0. The summed E-state index contributed by atoms with van der Waals surface area (Å²) in [6.45, 7) is 5.57. The lowest BCUT2D eigenvalue weighted by Crippen LogP contribution is -2.25. The molecule has 0 saturated heterocycles. The van der Waals surface area contributed by atoms with Crippen LogP contribution >= 0.6 is 0 Å². The summed E-state index contributed by atoms with van der Waals surface area (Å²) in [7, 11) is 7.62. The van der Waals surface area contributed by atoms with E-state index in [2.05, 4.69) is 14.9 Å². The molecule has 1 rings (SSSR count). The number of anilines is 2. The molecule has 1 heterocycles. The molecule has 0 radical (unpaired) electrons. The Labute approximate surface area is 103 Å². The van der Waals surface area contributed by atoms with Gasteiger partial charge in [0.2, 0.25) is 5.95 Å². The molecule has 0 aliphatic heterocycles. The van der Waals surface area contributed by atoms with E-state index in [0.29, 0.717) is 6.61 Å². The van der Waals surface area contributed by atoms with Crippen LogP contribution in [0.2, 0.25) is 0 Å². The first kappa shape index (κ1) is 13.7. The molecule has 0 saturated carbocycles.